The molecule has 5 heteroatoms. The summed E-state index contributed by atoms with van der Waals surface area (Å²) in [7, 11) is 0. The highest BCUT2D eigenvalue weighted by Crippen LogP contribution is 2.27. The Hall–Kier alpha value is -1.91. The van der Waals surface area contributed by atoms with E-state index in [1.807, 2.05) is 13.0 Å². The van der Waals surface area contributed by atoms with Gasteiger partial charge < -0.3 is 10.4 Å². The van der Waals surface area contributed by atoms with Gasteiger partial charge in [0.05, 0.1) is 5.92 Å². The fourth-order valence-electron chi connectivity index (χ4n) is 2.68. The van der Waals surface area contributed by atoms with E-state index in [-0.39, 0.29) is 29.6 Å². The van der Waals surface area contributed by atoms with Crippen LogP contribution in [0.1, 0.15) is 31.7 Å². The minimum absolute atomic E-state index is 0.0139. The van der Waals surface area contributed by atoms with Crippen molar-refractivity contribution in [1.82, 2.24) is 5.32 Å². The topological polar surface area (TPSA) is 66.4 Å². The van der Waals surface area contributed by atoms with E-state index in [0.29, 0.717) is 25.7 Å². The van der Waals surface area contributed by atoms with Gasteiger partial charge in [0.15, 0.2) is 0 Å². The van der Waals surface area contributed by atoms with Gasteiger partial charge >= 0.3 is 5.97 Å². The second-order valence-electron chi connectivity index (χ2n) is 5.91. The number of carbonyl (C=O) groups is 2. The molecule has 0 aromatic heterocycles. The van der Waals surface area contributed by atoms with E-state index in [0.717, 1.165) is 5.56 Å². The van der Waals surface area contributed by atoms with Crippen LogP contribution >= 0.6 is 0 Å². The van der Waals surface area contributed by atoms with Crippen LogP contribution in [0, 0.1) is 17.7 Å². The van der Waals surface area contributed by atoms with Gasteiger partial charge in [-0.15, -0.1) is 0 Å². The highest BCUT2D eigenvalue weighted by molar-refractivity contribution is 5.77. The Bertz CT molecular complexity index is 526. The van der Waals surface area contributed by atoms with Gasteiger partial charge in [-0.3, -0.25) is 9.59 Å². The van der Waals surface area contributed by atoms with E-state index in [2.05, 4.69) is 5.32 Å². The van der Waals surface area contributed by atoms with Crippen LogP contribution in [0.25, 0.3) is 0 Å². The predicted molar refractivity (Wildman–Crippen MR) is 76.2 cm³/mol. The fraction of sp³-hybridized carbons (Fsp3) is 0.500. The average molecular weight is 293 g/mol. The second-order valence-corrected chi connectivity index (χ2v) is 5.91. The summed E-state index contributed by atoms with van der Waals surface area (Å²) < 4.78 is 13.1. The Morgan fingerprint density at radius 2 is 2.14 bits per heavy atom. The molecule has 1 amide bonds. The number of rotatable bonds is 6. The van der Waals surface area contributed by atoms with Crippen LogP contribution in [0.15, 0.2) is 24.3 Å². The molecule has 0 spiro atoms. The largest absolute Gasteiger partial charge is 0.481 e. The van der Waals surface area contributed by atoms with Crippen LogP contribution in [0.5, 0.6) is 0 Å². The highest BCUT2D eigenvalue weighted by atomic mass is 19.1. The first-order chi connectivity index (χ1) is 9.94. The summed E-state index contributed by atoms with van der Waals surface area (Å²) >= 11 is 0. The number of amides is 1. The number of benzene rings is 1. The molecule has 1 atom stereocenters. The van der Waals surface area contributed by atoms with Crippen molar-refractivity contribution in [1.29, 1.82) is 0 Å². The standard InChI is InChI=1S/C16H20FNO3/c1-10(5-11-3-2-4-13(17)7-11)6-15(19)18-14-8-12(9-14)16(20)21/h2-4,7,10,12,14H,5-6,8-9H2,1H3,(H,18,19)(H,20,21). The van der Waals surface area contributed by atoms with Crippen molar-refractivity contribution in [3.63, 3.8) is 0 Å². The van der Waals surface area contributed by atoms with Crippen molar-refractivity contribution >= 4 is 11.9 Å². The van der Waals surface area contributed by atoms with E-state index in [9.17, 15) is 14.0 Å². The van der Waals surface area contributed by atoms with E-state index in [1.165, 1.54) is 12.1 Å². The molecule has 4 nitrogen and oxygen atoms in total. The van der Waals surface area contributed by atoms with Gasteiger partial charge in [0, 0.05) is 12.5 Å². The Morgan fingerprint density at radius 1 is 1.43 bits per heavy atom. The van der Waals surface area contributed by atoms with Gasteiger partial charge in [0.25, 0.3) is 0 Å². The van der Waals surface area contributed by atoms with Crippen molar-refractivity contribution in [2.24, 2.45) is 11.8 Å². The molecule has 0 heterocycles. The summed E-state index contributed by atoms with van der Waals surface area (Å²) in [6, 6.07) is 6.38. The summed E-state index contributed by atoms with van der Waals surface area (Å²) in [6.07, 6.45) is 2.04. The summed E-state index contributed by atoms with van der Waals surface area (Å²) in [5.74, 6) is -1.33. The number of halogens is 1. The molecule has 0 aliphatic heterocycles. The van der Waals surface area contributed by atoms with Gasteiger partial charge in [0.1, 0.15) is 5.82 Å². The van der Waals surface area contributed by atoms with Crippen LogP contribution in [0.2, 0.25) is 0 Å². The summed E-state index contributed by atoms with van der Waals surface area (Å²) in [5.41, 5.74) is 0.880. The highest BCUT2D eigenvalue weighted by Gasteiger charge is 2.35. The van der Waals surface area contributed by atoms with E-state index in [4.69, 9.17) is 5.11 Å². The van der Waals surface area contributed by atoms with Gasteiger partial charge in [-0.25, -0.2) is 4.39 Å². The van der Waals surface area contributed by atoms with E-state index in [1.54, 1.807) is 6.07 Å². The number of carboxylic acids is 1. The summed E-state index contributed by atoms with van der Waals surface area (Å²) in [6.45, 7) is 1.95. The lowest BCUT2D eigenvalue weighted by Crippen LogP contribution is -2.47. The molecule has 1 aromatic carbocycles. The SMILES string of the molecule is CC(CC(=O)NC1CC(C(=O)O)C1)Cc1cccc(F)c1. The molecule has 1 aliphatic rings. The van der Waals surface area contributed by atoms with E-state index >= 15 is 0 Å². The zero-order chi connectivity index (χ0) is 15.4. The fourth-order valence-corrected chi connectivity index (χ4v) is 2.68. The van der Waals surface area contributed by atoms with Crippen LogP contribution < -0.4 is 5.32 Å². The third-order valence-electron chi connectivity index (χ3n) is 3.86. The molecule has 1 unspecified atom stereocenters. The van der Waals surface area contributed by atoms with Crippen molar-refractivity contribution in [3.05, 3.63) is 35.6 Å². The monoisotopic (exact) mass is 293 g/mol. The summed E-state index contributed by atoms with van der Waals surface area (Å²) in [4.78, 5) is 22.5. The predicted octanol–water partition coefficient (Wildman–Crippen LogP) is 2.37. The first-order valence-electron chi connectivity index (χ1n) is 7.20. The van der Waals surface area contributed by atoms with Crippen molar-refractivity contribution in [3.8, 4) is 0 Å². The van der Waals surface area contributed by atoms with Crippen molar-refractivity contribution < 1.29 is 19.1 Å². The molecule has 2 rings (SSSR count). The molecule has 0 bridgehead atoms. The minimum Gasteiger partial charge on any atom is -0.481 e. The zero-order valence-corrected chi connectivity index (χ0v) is 12.0. The van der Waals surface area contributed by atoms with Crippen LogP contribution in [0.3, 0.4) is 0 Å². The quantitative estimate of drug-likeness (QED) is 0.846. The van der Waals surface area contributed by atoms with Gasteiger partial charge in [-0.1, -0.05) is 19.1 Å². The van der Waals surface area contributed by atoms with Crippen LogP contribution in [0.4, 0.5) is 4.39 Å². The third-order valence-corrected chi connectivity index (χ3v) is 3.86. The lowest BCUT2D eigenvalue weighted by molar-refractivity contribution is -0.146. The second kappa shape index (κ2) is 6.70. The van der Waals surface area contributed by atoms with Crippen molar-refractivity contribution in [2.75, 3.05) is 0 Å². The number of hydrogen-bond donors (Lipinski definition) is 2. The molecule has 1 aliphatic carbocycles. The molecule has 0 radical (unpaired) electrons. The first kappa shape index (κ1) is 15.5. The maximum absolute atomic E-state index is 13.1. The number of hydrogen-bond acceptors (Lipinski definition) is 2. The number of carboxylic acid groups (broad SMARTS) is 1. The molecular formula is C16H20FNO3. The maximum atomic E-state index is 13.1. The van der Waals surface area contributed by atoms with Crippen LogP contribution in [-0.2, 0) is 16.0 Å². The zero-order valence-electron chi connectivity index (χ0n) is 12.0. The molecule has 114 valence electrons. The first-order valence-corrected chi connectivity index (χ1v) is 7.20. The molecule has 1 fully saturated rings. The molecule has 2 N–H and O–H groups in total. The minimum atomic E-state index is -0.792. The number of aliphatic carboxylic acids is 1. The van der Waals surface area contributed by atoms with Crippen molar-refractivity contribution in [2.45, 2.75) is 38.6 Å². The Morgan fingerprint density at radius 3 is 2.76 bits per heavy atom. The number of nitrogens with one attached hydrogen (secondary N) is 1. The Kier molecular flexibility index (Phi) is 4.94. The van der Waals surface area contributed by atoms with Gasteiger partial charge in [-0.2, -0.15) is 0 Å². The summed E-state index contributed by atoms with van der Waals surface area (Å²) in [5, 5.41) is 11.6. The smallest absolute Gasteiger partial charge is 0.306 e. The lowest BCUT2D eigenvalue weighted by atomic mass is 9.80. The van der Waals surface area contributed by atoms with Gasteiger partial charge in [-0.05, 0) is 42.9 Å². The van der Waals surface area contributed by atoms with Crippen LogP contribution in [-0.4, -0.2) is 23.0 Å². The van der Waals surface area contributed by atoms with Gasteiger partial charge in [0.2, 0.25) is 5.91 Å². The van der Waals surface area contributed by atoms with E-state index < -0.39 is 5.97 Å². The third kappa shape index (κ3) is 4.55. The maximum Gasteiger partial charge on any atom is 0.306 e. The Labute approximate surface area is 123 Å². The molecule has 21 heavy (non-hydrogen) atoms. The molecule has 1 saturated carbocycles. The molecule has 1 aromatic rings. The molecular weight excluding hydrogens is 273 g/mol. The molecule has 0 saturated heterocycles. The Balaban J connectivity index is 1.72. The lowest BCUT2D eigenvalue weighted by Gasteiger charge is -2.33. The average Bonchev–Trinajstić information content (AvgIpc) is 2.32. The number of carbonyl (C=O) groups excluding carboxylic acids is 1. The normalized spacial score (nSPS) is 22.2.